The zero-order chi connectivity index (χ0) is 13.7. The van der Waals surface area contributed by atoms with Crippen LogP contribution < -0.4 is 5.32 Å². The quantitative estimate of drug-likeness (QED) is 0.830. The van der Waals surface area contributed by atoms with E-state index in [1.165, 1.54) is 54.1 Å². The van der Waals surface area contributed by atoms with Crippen molar-refractivity contribution in [2.75, 3.05) is 7.05 Å². The lowest BCUT2D eigenvalue weighted by Crippen LogP contribution is -2.13. The molecule has 0 amide bonds. The number of aryl methyl sites for hydroxylation is 1. The van der Waals surface area contributed by atoms with E-state index in [1.807, 2.05) is 18.4 Å². The Morgan fingerprint density at radius 3 is 2.84 bits per heavy atom. The Morgan fingerprint density at radius 1 is 1.32 bits per heavy atom. The first-order valence-corrected chi connectivity index (χ1v) is 8.73. The van der Waals surface area contributed by atoms with Gasteiger partial charge in [-0.1, -0.05) is 39.5 Å². The van der Waals surface area contributed by atoms with E-state index in [9.17, 15) is 0 Å². The second-order valence-electron chi connectivity index (χ2n) is 5.84. The Balaban J connectivity index is 2.12. The summed E-state index contributed by atoms with van der Waals surface area (Å²) in [5, 5.41) is 4.71. The molecule has 2 nitrogen and oxygen atoms in total. The maximum Gasteiger partial charge on any atom is 0.0962 e. The van der Waals surface area contributed by atoms with Crippen LogP contribution in [0.4, 0.5) is 0 Å². The highest BCUT2D eigenvalue weighted by Crippen LogP contribution is 2.39. The van der Waals surface area contributed by atoms with Gasteiger partial charge in [-0.05, 0) is 32.2 Å². The van der Waals surface area contributed by atoms with Gasteiger partial charge in [-0.15, -0.1) is 11.3 Å². The third-order valence-corrected chi connectivity index (χ3v) is 5.59. The number of rotatable bonds is 6. The van der Waals surface area contributed by atoms with Crippen LogP contribution in [0, 0.1) is 5.92 Å². The minimum Gasteiger partial charge on any atom is -0.315 e. The summed E-state index contributed by atoms with van der Waals surface area (Å²) >= 11 is 1.97. The molecule has 2 rings (SSSR count). The standard InChI is InChI=1S/C16H28N2S/c1-4-7-14-15(11-17-3)19-16(18-14)13-9-6-8-12(5-2)10-13/h12-13,17H,4-11H2,1-3H3. The molecule has 0 bridgehead atoms. The molecule has 1 fully saturated rings. The molecule has 0 aliphatic heterocycles. The predicted octanol–water partition coefficient (Wildman–Crippen LogP) is 4.50. The van der Waals surface area contributed by atoms with E-state index < -0.39 is 0 Å². The van der Waals surface area contributed by atoms with E-state index in [0.717, 1.165) is 24.8 Å². The van der Waals surface area contributed by atoms with Gasteiger partial charge >= 0.3 is 0 Å². The normalized spacial score (nSPS) is 23.7. The van der Waals surface area contributed by atoms with Gasteiger partial charge in [-0.3, -0.25) is 0 Å². The summed E-state index contributed by atoms with van der Waals surface area (Å²) in [5.41, 5.74) is 1.36. The number of nitrogens with zero attached hydrogens (tertiary/aromatic N) is 1. The Hall–Kier alpha value is -0.410. The lowest BCUT2D eigenvalue weighted by atomic mass is 9.80. The largest absolute Gasteiger partial charge is 0.315 e. The van der Waals surface area contributed by atoms with Gasteiger partial charge in [-0.25, -0.2) is 4.98 Å². The maximum absolute atomic E-state index is 4.99. The Labute approximate surface area is 122 Å². The van der Waals surface area contributed by atoms with Crippen LogP contribution in [0.25, 0.3) is 0 Å². The monoisotopic (exact) mass is 280 g/mol. The van der Waals surface area contributed by atoms with Crippen molar-refractivity contribution in [3.63, 3.8) is 0 Å². The van der Waals surface area contributed by atoms with E-state index in [1.54, 1.807) is 0 Å². The molecule has 3 heteroatoms. The summed E-state index contributed by atoms with van der Waals surface area (Å²) in [5.74, 6) is 1.68. The zero-order valence-electron chi connectivity index (χ0n) is 12.7. The van der Waals surface area contributed by atoms with Crippen LogP contribution in [-0.4, -0.2) is 12.0 Å². The second-order valence-corrected chi connectivity index (χ2v) is 6.96. The summed E-state index contributed by atoms with van der Waals surface area (Å²) in [6.45, 7) is 5.57. The first kappa shape index (κ1) is 15.0. The molecule has 1 N–H and O–H groups in total. The summed E-state index contributed by atoms with van der Waals surface area (Å²) in [7, 11) is 2.03. The maximum atomic E-state index is 4.99. The van der Waals surface area contributed by atoms with Gasteiger partial charge in [-0.2, -0.15) is 0 Å². The van der Waals surface area contributed by atoms with Crippen molar-refractivity contribution in [2.45, 2.75) is 71.3 Å². The molecule has 0 radical (unpaired) electrons. The average molecular weight is 280 g/mol. The molecule has 0 saturated heterocycles. The van der Waals surface area contributed by atoms with E-state index in [2.05, 4.69) is 19.2 Å². The first-order chi connectivity index (χ1) is 9.28. The van der Waals surface area contributed by atoms with Crippen LogP contribution in [0.5, 0.6) is 0 Å². The van der Waals surface area contributed by atoms with Crippen molar-refractivity contribution in [1.82, 2.24) is 10.3 Å². The van der Waals surface area contributed by atoms with Crippen molar-refractivity contribution in [2.24, 2.45) is 5.92 Å². The fraction of sp³-hybridized carbons (Fsp3) is 0.812. The zero-order valence-corrected chi connectivity index (χ0v) is 13.5. The number of aromatic nitrogens is 1. The van der Waals surface area contributed by atoms with Gasteiger partial charge in [0.2, 0.25) is 0 Å². The molecule has 19 heavy (non-hydrogen) atoms. The average Bonchev–Trinajstić information content (AvgIpc) is 2.83. The number of thiazole rings is 1. The van der Waals surface area contributed by atoms with E-state index >= 15 is 0 Å². The molecule has 1 aliphatic carbocycles. The number of hydrogen-bond donors (Lipinski definition) is 1. The van der Waals surface area contributed by atoms with Crippen LogP contribution in [-0.2, 0) is 13.0 Å². The smallest absolute Gasteiger partial charge is 0.0962 e. The van der Waals surface area contributed by atoms with Crippen LogP contribution >= 0.6 is 11.3 Å². The summed E-state index contributed by atoms with van der Waals surface area (Å²) < 4.78 is 0. The van der Waals surface area contributed by atoms with Gasteiger partial charge in [0, 0.05) is 17.3 Å². The highest BCUT2D eigenvalue weighted by atomic mass is 32.1. The third-order valence-electron chi connectivity index (χ3n) is 4.33. The van der Waals surface area contributed by atoms with Gasteiger partial charge in [0.15, 0.2) is 0 Å². The molecule has 2 atom stereocenters. The van der Waals surface area contributed by atoms with Crippen molar-refractivity contribution < 1.29 is 0 Å². The van der Waals surface area contributed by atoms with E-state index in [4.69, 9.17) is 4.98 Å². The second kappa shape index (κ2) is 7.39. The molecular formula is C16H28N2S. The van der Waals surface area contributed by atoms with Crippen LogP contribution in [0.3, 0.4) is 0 Å². The molecule has 2 unspecified atom stereocenters. The fourth-order valence-electron chi connectivity index (χ4n) is 3.19. The van der Waals surface area contributed by atoms with Gasteiger partial charge in [0.05, 0.1) is 10.7 Å². The highest BCUT2D eigenvalue weighted by molar-refractivity contribution is 7.11. The van der Waals surface area contributed by atoms with Crippen LogP contribution in [0.2, 0.25) is 0 Å². The Kier molecular flexibility index (Phi) is 5.83. The summed E-state index contributed by atoms with van der Waals surface area (Å²) in [4.78, 5) is 6.46. The van der Waals surface area contributed by atoms with Gasteiger partial charge in [0.1, 0.15) is 0 Å². The van der Waals surface area contributed by atoms with Crippen molar-refractivity contribution in [3.05, 3.63) is 15.6 Å². The molecule has 108 valence electrons. The SMILES string of the molecule is CCCc1nc(C2CCCC(CC)C2)sc1CNC. The number of nitrogens with one attached hydrogen (secondary N) is 1. The van der Waals surface area contributed by atoms with Gasteiger partial charge in [0.25, 0.3) is 0 Å². The van der Waals surface area contributed by atoms with E-state index in [-0.39, 0.29) is 0 Å². The van der Waals surface area contributed by atoms with Crippen molar-refractivity contribution in [3.8, 4) is 0 Å². The molecular weight excluding hydrogens is 252 g/mol. The fourth-order valence-corrected chi connectivity index (χ4v) is 4.47. The van der Waals surface area contributed by atoms with Gasteiger partial charge < -0.3 is 5.32 Å². The molecule has 1 heterocycles. The van der Waals surface area contributed by atoms with Crippen molar-refractivity contribution >= 4 is 11.3 Å². The van der Waals surface area contributed by atoms with E-state index in [0.29, 0.717) is 0 Å². The first-order valence-electron chi connectivity index (χ1n) is 7.91. The molecule has 0 spiro atoms. The van der Waals surface area contributed by atoms with Crippen LogP contribution in [0.15, 0.2) is 0 Å². The number of hydrogen-bond acceptors (Lipinski definition) is 3. The Morgan fingerprint density at radius 2 is 2.16 bits per heavy atom. The topological polar surface area (TPSA) is 24.9 Å². The molecule has 0 aromatic carbocycles. The lowest BCUT2D eigenvalue weighted by Gasteiger charge is -2.26. The molecule has 1 aliphatic rings. The summed E-state index contributed by atoms with van der Waals surface area (Å²) in [6, 6.07) is 0. The summed E-state index contributed by atoms with van der Waals surface area (Å²) in [6.07, 6.45) is 9.23. The minimum atomic E-state index is 0.741. The van der Waals surface area contributed by atoms with Crippen LogP contribution in [0.1, 0.15) is 73.9 Å². The predicted molar refractivity (Wildman–Crippen MR) is 83.9 cm³/mol. The molecule has 1 aromatic heterocycles. The highest BCUT2D eigenvalue weighted by Gasteiger charge is 2.25. The lowest BCUT2D eigenvalue weighted by molar-refractivity contribution is 0.314. The minimum absolute atomic E-state index is 0.741. The molecule has 1 aromatic rings. The third kappa shape index (κ3) is 3.79. The molecule has 1 saturated carbocycles. The Bertz CT molecular complexity index is 363. The van der Waals surface area contributed by atoms with Crippen molar-refractivity contribution in [1.29, 1.82) is 0 Å².